The highest BCUT2D eigenvalue weighted by Gasteiger charge is 2.36. The maximum atomic E-state index is 5.72. The molecule has 2 aliphatic heterocycles. The van der Waals surface area contributed by atoms with Crippen LogP contribution in [0.25, 0.3) is 0 Å². The van der Waals surface area contributed by atoms with Crippen molar-refractivity contribution in [3.8, 4) is 0 Å². The summed E-state index contributed by atoms with van der Waals surface area (Å²) in [6.45, 7) is 0. The molecule has 5 nitrogen and oxygen atoms in total. The van der Waals surface area contributed by atoms with Crippen LogP contribution in [0.3, 0.4) is 0 Å². The molecule has 3 atom stereocenters. The number of nitrogens with zero attached hydrogens (tertiary/aromatic N) is 1. The zero-order chi connectivity index (χ0) is 9.26. The monoisotopic (exact) mass is 184 g/mol. The number of fused-ring (bicyclic) bond motifs is 2. The second kappa shape index (κ2) is 3.51. The van der Waals surface area contributed by atoms with Crippen molar-refractivity contribution in [3.63, 3.8) is 0 Å². The molecule has 0 spiro atoms. The Hall–Kier alpha value is -0.810. The van der Waals surface area contributed by atoms with E-state index in [2.05, 4.69) is 10.4 Å². The predicted octanol–water partition coefficient (Wildman–Crippen LogP) is -0.526. The van der Waals surface area contributed by atoms with Crippen LogP contribution in [0, 0.1) is 0 Å². The maximum Gasteiger partial charge on any atom is 0.203 e. The van der Waals surface area contributed by atoms with Gasteiger partial charge in [-0.15, -0.1) is 0 Å². The summed E-state index contributed by atoms with van der Waals surface area (Å²) >= 11 is 0. The third-order valence-corrected chi connectivity index (χ3v) is 2.81. The lowest BCUT2D eigenvalue weighted by atomic mass is 10.1. The summed E-state index contributed by atoms with van der Waals surface area (Å²) in [6.07, 6.45) is 5.19. The van der Waals surface area contributed by atoms with Crippen molar-refractivity contribution in [2.45, 2.75) is 43.9 Å². The highest BCUT2D eigenvalue weighted by molar-refractivity contribution is 5.77. The molecule has 0 aromatic rings. The maximum absolute atomic E-state index is 5.72. The topological polar surface area (TPSA) is 85.7 Å². The number of aliphatic imine (C=N–C) groups is 1. The van der Waals surface area contributed by atoms with Crippen LogP contribution < -0.4 is 17.0 Å². The zero-order valence-electron chi connectivity index (χ0n) is 7.57. The largest absolute Gasteiger partial charge is 0.373 e. The van der Waals surface area contributed by atoms with E-state index in [1.165, 1.54) is 6.42 Å². The third kappa shape index (κ3) is 1.76. The van der Waals surface area contributed by atoms with Gasteiger partial charge in [-0.25, -0.2) is 10.8 Å². The number of ether oxygens (including phenoxy) is 1. The van der Waals surface area contributed by atoms with Crippen molar-refractivity contribution in [1.29, 1.82) is 0 Å². The highest BCUT2D eigenvalue weighted by Crippen LogP contribution is 2.33. The molecular weight excluding hydrogens is 168 g/mol. The average molecular weight is 184 g/mol. The van der Waals surface area contributed by atoms with Crippen LogP contribution in [0.4, 0.5) is 0 Å². The van der Waals surface area contributed by atoms with Crippen LogP contribution in [-0.4, -0.2) is 24.2 Å². The number of nitrogens with two attached hydrogens (primary N) is 2. The molecule has 2 bridgehead atoms. The number of hydrazine groups is 1. The molecule has 74 valence electrons. The molecule has 0 radical (unpaired) electrons. The van der Waals surface area contributed by atoms with E-state index in [0.717, 1.165) is 19.3 Å². The second-order valence-corrected chi connectivity index (χ2v) is 3.68. The van der Waals surface area contributed by atoms with Gasteiger partial charge in [-0.2, -0.15) is 0 Å². The molecule has 2 saturated heterocycles. The number of rotatable bonds is 1. The Balaban J connectivity index is 1.99. The fourth-order valence-corrected chi connectivity index (χ4v) is 2.14. The van der Waals surface area contributed by atoms with Gasteiger partial charge in [0.15, 0.2) is 0 Å². The van der Waals surface area contributed by atoms with Gasteiger partial charge in [0.05, 0.1) is 18.2 Å². The normalized spacial score (nSPS) is 39.2. The molecular formula is C8H16N4O. The molecule has 5 heteroatoms. The lowest BCUT2D eigenvalue weighted by molar-refractivity contribution is -0.00641. The van der Waals surface area contributed by atoms with E-state index >= 15 is 0 Å². The van der Waals surface area contributed by atoms with E-state index in [-0.39, 0.29) is 12.1 Å². The van der Waals surface area contributed by atoms with Crippen LogP contribution in [0.2, 0.25) is 0 Å². The first-order valence-electron chi connectivity index (χ1n) is 4.75. The number of hydrogen-bond donors (Lipinski definition) is 3. The SMILES string of the molecule is NNC(N)=NC1CCC2CCC1O2. The van der Waals surface area contributed by atoms with Gasteiger partial charge in [0.25, 0.3) is 0 Å². The Morgan fingerprint density at radius 1 is 1.31 bits per heavy atom. The van der Waals surface area contributed by atoms with Crippen molar-refractivity contribution >= 4 is 5.96 Å². The van der Waals surface area contributed by atoms with Gasteiger partial charge in [-0.3, -0.25) is 5.43 Å². The van der Waals surface area contributed by atoms with Gasteiger partial charge < -0.3 is 10.5 Å². The van der Waals surface area contributed by atoms with E-state index in [1.807, 2.05) is 0 Å². The number of nitrogens with one attached hydrogen (secondary N) is 1. The minimum atomic E-state index is 0.204. The first-order chi connectivity index (χ1) is 6.29. The summed E-state index contributed by atoms with van der Waals surface area (Å²) < 4.78 is 5.72. The molecule has 0 amide bonds. The van der Waals surface area contributed by atoms with Gasteiger partial charge >= 0.3 is 0 Å². The molecule has 5 N–H and O–H groups in total. The molecule has 3 unspecified atom stereocenters. The van der Waals surface area contributed by atoms with Crippen molar-refractivity contribution < 1.29 is 4.74 Å². The summed E-state index contributed by atoms with van der Waals surface area (Å²) in [5.41, 5.74) is 7.84. The average Bonchev–Trinajstić information content (AvgIpc) is 2.54. The Labute approximate surface area is 77.5 Å². The number of hydrogen-bond acceptors (Lipinski definition) is 3. The fraction of sp³-hybridized carbons (Fsp3) is 0.875. The van der Waals surface area contributed by atoms with Gasteiger partial charge in [-0.1, -0.05) is 0 Å². The summed E-state index contributed by atoms with van der Waals surface area (Å²) in [5, 5.41) is 0. The van der Waals surface area contributed by atoms with Gasteiger partial charge in [0.2, 0.25) is 5.96 Å². The zero-order valence-corrected chi connectivity index (χ0v) is 7.57. The molecule has 2 fully saturated rings. The molecule has 2 rings (SSSR count). The van der Waals surface area contributed by atoms with Crippen LogP contribution in [-0.2, 0) is 4.74 Å². The van der Waals surface area contributed by atoms with Crippen LogP contribution in [0.1, 0.15) is 25.7 Å². The van der Waals surface area contributed by atoms with Gasteiger partial charge in [-0.05, 0) is 25.7 Å². The standard InChI is InChI=1S/C8H16N4O/c9-8(12-10)11-6-3-1-5-2-4-7(6)13-5/h5-7H,1-4,10H2,(H3,9,11,12). The van der Waals surface area contributed by atoms with Crippen molar-refractivity contribution in [2.24, 2.45) is 16.6 Å². The lowest BCUT2D eigenvalue weighted by Crippen LogP contribution is -2.40. The van der Waals surface area contributed by atoms with E-state index in [0.29, 0.717) is 12.1 Å². The molecule has 0 aromatic carbocycles. The van der Waals surface area contributed by atoms with Crippen molar-refractivity contribution in [2.75, 3.05) is 0 Å². The first-order valence-corrected chi connectivity index (χ1v) is 4.75. The quantitative estimate of drug-likeness (QED) is 0.221. The van der Waals surface area contributed by atoms with Gasteiger partial charge in [0.1, 0.15) is 0 Å². The number of guanidine groups is 1. The Bertz CT molecular complexity index is 218. The van der Waals surface area contributed by atoms with E-state index < -0.39 is 0 Å². The third-order valence-electron chi connectivity index (χ3n) is 2.81. The van der Waals surface area contributed by atoms with Crippen LogP contribution >= 0.6 is 0 Å². The minimum Gasteiger partial charge on any atom is -0.373 e. The molecule has 0 saturated carbocycles. The van der Waals surface area contributed by atoms with Crippen molar-refractivity contribution in [1.82, 2.24) is 5.43 Å². The molecule has 0 aromatic heterocycles. The summed E-state index contributed by atoms with van der Waals surface area (Å²) in [5.74, 6) is 5.44. The van der Waals surface area contributed by atoms with Crippen LogP contribution in [0.15, 0.2) is 4.99 Å². The Morgan fingerprint density at radius 3 is 2.85 bits per heavy atom. The molecule has 2 aliphatic rings. The minimum absolute atomic E-state index is 0.204. The Kier molecular flexibility index (Phi) is 2.37. The molecule has 2 heterocycles. The second-order valence-electron chi connectivity index (χ2n) is 3.68. The van der Waals surface area contributed by atoms with Crippen molar-refractivity contribution in [3.05, 3.63) is 0 Å². The van der Waals surface area contributed by atoms with Crippen LogP contribution in [0.5, 0.6) is 0 Å². The van der Waals surface area contributed by atoms with E-state index in [4.69, 9.17) is 16.3 Å². The lowest BCUT2D eigenvalue weighted by Gasteiger charge is -2.26. The summed E-state index contributed by atoms with van der Waals surface area (Å²) in [7, 11) is 0. The molecule has 0 aliphatic carbocycles. The van der Waals surface area contributed by atoms with E-state index in [9.17, 15) is 0 Å². The smallest absolute Gasteiger partial charge is 0.203 e. The molecule has 13 heavy (non-hydrogen) atoms. The Morgan fingerprint density at radius 2 is 2.08 bits per heavy atom. The van der Waals surface area contributed by atoms with Gasteiger partial charge in [0, 0.05) is 0 Å². The summed E-state index contributed by atoms with van der Waals surface area (Å²) in [6, 6.07) is 0.204. The first kappa shape index (κ1) is 8.77. The van der Waals surface area contributed by atoms with E-state index in [1.54, 1.807) is 0 Å². The predicted molar refractivity (Wildman–Crippen MR) is 49.9 cm³/mol. The fourth-order valence-electron chi connectivity index (χ4n) is 2.14. The summed E-state index contributed by atoms with van der Waals surface area (Å²) in [4.78, 5) is 4.27. The highest BCUT2D eigenvalue weighted by atomic mass is 16.5.